The average Bonchev–Trinajstić information content (AvgIpc) is 2.67. The molecule has 3 saturated heterocycles. The third kappa shape index (κ3) is 3.58. The maximum Gasteiger partial charge on any atom is 0.222 e. The summed E-state index contributed by atoms with van der Waals surface area (Å²) in [5.74, 6) is 7.42. The maximum atomic E-state index is 12.0. The number of piperazine rings is 1. The van der Waals surface area contributed by atoms with Gasteiger partial charge in [-0.15, -0.1) is 4.31 Å². The van der Waals surface area contributed by atoms with Crippen LogP contribution in [0.5, 0.6) is 0 Å². The van der Waals surface area contributed by atoms with Crippen molar-refractivity contribution in [3.05, 3.63) is 41.3 Å². The van der Waals surface area contributed by atoms with Gasteiger partial charge in [0, 0.05) is 41.9 Å². The predicted octanol–water partition coefficient (Wildman–Crippen LogP) is 1.11. The summed E-state index contributed by atoms with van der Waals surface area (Å²) in [7, 11) is 0. The predicted molar refractivity (Wildman–Crippen MR) is 106 cm³/mol. The summed E-state index contributed by atoms with van der Waals surface area (Å²) in [5, 5.41) is 0. The van der Waals surface area contributed by atoms with Crippen LogP contribution < -0.4 is 10.6 Å². The van der Waals surface area contributed by atoms with Crippen LogP contribution in [-0.4, -0.2) is 55.2 Å². The molecule has 0 aromatic carbocycles. The number of piperidine rings is 2. The van der Waals surface area contributed by atoms with Crippen molar-refractivity contribution in [3.63, 3.8) is 0 Å². The molecule has 140 valence electrons. The molecule has 5 rings (SSSR count). The van der Waals surface area contributed by atoms with E-state index in [4.69, 9.17) is 5.73 Å². The van der Waals surface area contributed by atoms with E-state index in [1.165, 1.54) is 0 Å². The van der Waals surface area contributed by atoms with Gasteiger partial charge in [-0.05, 0) is 31.9 Å². The van der Waals surface area contributed by atoms with Gasteiger partial charge in [0.15, 0.2) is 5.82 Å². The molecule has 2 aromatic rings. The van der Waals surface area contributed by atoms with Crippen LogP contribution >= 0.6 is 0 Å². The van der Waals surface area contributed by atoms with Gasteiger partial charge in [-0.25, -0.2) is 4.98 Å². The number of aromatic nitrogens is 3. The lowest BCUT2D eigenvalue weighted by atomic mass is 9.92. The first kappa shape index (κ1) is 18.0. The lowest BCUT2D eigenvalue weighted by Gasteiger charge is -2.50. The maximum absolute atomic E-state index is 12.0. The van der Waals surface area contributed by atoms with Crippen LogP contribution in [0.4, 0.5) is 11.8 Å². The molecule has 7 nitrogen and oxygen atoms in total. The van der Waals surface area contributed by atoms with Crippen molar-refractivity contribution in [2.75, 3.05) is 30.0 Å². The zero-order valence-electron chi connectivity index (χ0n) is 15.4. The van der Waals surface area contributed by atoms with Gasteiger partial charge in [0.05, 0.1) is 23.8 Å². The molecule has 0 radical (unpaired) electrons. The number of pyridine rings is 1. The second-order valence-electron chi connectivity index (χ2n) is 6.92. The minimum Gasteiger partial charge on any atom is -0.598 e. The molecular formula is C19H22N6OS. The van der Waals surface area contributed by atoms with Gasteiger partial charge in [0.1, 0.15) is 6.26 Å². The van der Waals surface area contributed by atoms with E-state index in [-0.39, 0.29) is 18.0 Å². The van der Waals surface area contributed by atoms with Crippen LogP contribution in [0.1, 0.15) is 29.7 Å². The smallest absolute Gasteiger partial charge is 0.222 e. The Labute approximate surface area is 162 Å². The number of nitrogens with zero attached hydrogens (tertiary/aromatic N) is 5. The first-order valence-corrected chi connectivity index (χ1v) is 10.5. The quantitative estimate of drug-likeness (QED) is 0.614. The van der Waals surface area contributed by atoms with E-state index in [0.29, 0.717) is 0 Å². The van der Waals surface area contributed by atoms with Crippen LogP contribution in [0.2, 0.25) is 0 Å². The molecule has 2 aromatic heterocycles. The van der Waals surface area contributed by atoms with E-state index in [1.54, 1.807) is 18.6 Å². The summed E-state index contributed by atoms with van der Waals surface area (Å²) >= 11 is -0.951. The molecular weight excluding hydrogens is 360 g/mol. The highest BCUT2D eigenvalue weighted by molar-refractivity contribution is 7.88. The summed E-state index contributed by atoms with van der Waals surface area (Å²) in [6, 6.07) is 4.30. The normalized spacial score (nSPS) is 23.0. The fourth-order valence-corrected chi connectivity index (χ4v) is 4.84. The molecule has 2 bridgehead atoms. The number of fused-ring (bicyclic) bond motifs is 3. The van der Waals surface area contributed by atoms with Gasteiger partial charge in [-0.3, -0.25) is 4.98 Å². The molecule has 3 aliphatic rings. The van der Waals surface area contributed by atoms with Gasteiger partial charge in [-0.1, -0.05) is 11.8 Å². The van der Waals surface area contributed by atoms with Gasteiger partial charge in [-0.2, -0.15) is 4.98 Å². The first-order chi connectivity index (χ1) is 13.0. The van der Waals surface area contributed by atoms with Crippen LogP contribution in [0, 0.1) is 18.8 Å². The minimum absolute atomic E-state index is 0.256. The van der Waals surface area contributed by atoms with Crippen molar-refractivity contribution >= 4 is 23.1 Å². The third-order valence-electron chi connectivity index (χ3n) is 5.16. The van der Waals surface area contributed by atoms with Crippen LogP contribution in [0.15, 0.2) is 24.5 Å². The van der Waals surface area contributed by atoms with Gasteiger partial charge >= 0.3 is 0 Å². The number of hydrogen-bond acceptors (Lipinski definition) is 7. The minimum atomic E-state index is -0.951. The molecule has 27 heavy (non-hydrogen) atoms. The molecule has 0 amide bonds. The highest BCUT2D eigenvalue weighted by atomic mass is 32.2. The highest BCUT2D eigenvalue weighted by Crippen LogP contribution is 2.35. The summed E-state index contributed by atoms with van der Waals surface area (Å²) < 4.78 is 14.1. The Morgan fingerprint density at radius 1 is 1.22 bits per heavy atom. The number of aryl methyl sites for hydroxylation is 1. The number of nitrogens with two attached hydrogens (primary N) is 1. The molecule has 3 unspecified atom stereocenters. The molecule has 8 heteroatoms. The van der Waals surface area contributed by atoms with Gasteiger partial charge in [0.25, 0.3) is 0 Å². The molecule has 3 aliphatic heterocycles. The SMILES string of the molecule is Cc1nc(N)nc(N2CC3CCC2CN3[S+](C)[O-])c1C#Cc1cccnc1. The van der Waals surface area contributed by atoms with Gasteiger partial charge < -0.3 is 15.2 Å². The second kappa shape index (κ2) is 7.35. The number of anilines is 2. The lowest BCUT2D eigenvalue weighted by Crippen LogP contribution is -2.64. The Bertz CT molecular complexity index is 894. The fourth-order valence-electron chi connectivity index (χ4n) is 3.87. The highest BCUT2D eigenvalue weighted by Gasteiger charge is 2.44. The average molecular weight is 382 g/mol. The number of rotatable bonds is 2. The van der Waals surface area contributed by atoms with Crippen molar-refractivity contribution in [2.24, 2.45) is 0 Å². The molecule has 5 heterocycles. The van der Waals surface area contributed by atoms with Crippen LogP contribution in [-0.2, 0) is 11.4 Å². The second-order valence-corrected chi connectivity index (χ2v) is 8.23. The van der Waals surface area contributed by atoms with E-state index < -0.39 is 11.4 Å². The molecule has 0 spiro atoms. The molecule has 3 fully saturated rings. The Morgan fingerprint density at radius 3 is 2.70 bits per heavy atom. The van der Waals surface area contributed by atoms with E-state index in [1.807, 2.05) is 19.1 Å². The first-order valence-electron chi connectivity index (χ1n) is 8.96. The monoisotopic (exact) mass is 382 g/mol. The summed E-state index contributed by atoms with van der Waals surface area (Å²) in [5.41, 5.74) is 8.36. The van der Waals surface area contributed by atoms with E-state index in [9.17, 15) is 4.55 Å². The molecule has 2 N–H and O–H groups in total. The Balaban J connectivity index is 1.71. The zero-order chi connectivity index (χ0) is 19.0. The number of nitrogen functional groups attached to an aromatic ring is 1. The molecule has 3 atom stereocenters. The molecule has 0 aliphatic carbocycles. The van der Waals surface area contributed by atoms with E-state index >= 15 is 0 Å². The van der Waals surface area contributed by atoms with Crippen molar-refractivity contribution in [2.45, 2.75) is 31.8 Å². The summed E-state index contributed by atoms with van der Waals surface area (Å²) in [6.45, 7) is 3.46. The van der Waals surface area contributed by atoms with Crippen LogP contribution in [0.25, 0.3) is 0 Å². The standard InChI is InChI=1S/C19H22N6OS/c1-13-17(8-5-14-4-3-9-21-10-14)18(23-19(20)22-13)24-11-16-7-6-15(24)12-25(16)27(2)26/h3-4,9-10,15-16H,6-7,11-12H2,1-2H3,(H2,20,22,23). The zero-order valence-corrected chi connectivity index (χ0v) is 16.2. The van der Waals surface area contributed by atoms with Gasteiger partial charge in [0.2, 0.25) is 5.95 Å². The summed E-state index contributed by atoms with van der Waals surface area (Å²) in [4.78, 5) is 15.2. The van der Waals surface area contributed by atoms with Crippen molar-refractivity contribution in [1.82, 2.24) is 19.3 Å². The fraction of sp³-hybridized carbons (Fsp3) is 0.421. The Morgan fingerprint density at radius 2 is 2.04 bits per heavy atom. The Hall–Kier alpha value is -2.34. The lowest BCUT2D eigenvalue weighted by molar-refractivity contribution is 0.180. The third-order valence-corrected chi connectivity index (χ3v) is 6.27. The van der Waals surface area contributed by atoms with Crippen molar-refractivity contribution in [1.29, 1.82) is 0 Å². The van der Waals surface area contributed by atoms with Crippen molar-refractivity contribution < 1.29 is 4.55 Å². The summed E-state index contributed by atoms with van der Waals surface area (Å²) in [6.07, 6.45) is 7.32. The number of hydrogen-bond donors (Lipinski definition) is 1. The van der Waals surface area contributed by atoms with E-state index in [0.717, 1.165) is 48.6 Å². The topological polar surface area (TPSA) is 94.2 Å². The Kier molecular flexibility index (Phi) is 4.91. The molecule has 0 saturated carbocycles. The van der Waals surface area contributed by atoms with Crippen LogP contribution in [0.3, 0.4) is 0 Å². The largest absolute Gasteiger partial charge is 0.598 e. The van der Waals surface area contributed by atoms with E-state index in [2.05, 4.69) is 36.0 Å². The van der Waals surface area contributed by atoms with Crippen molar-refractivity contribution in [3.8, 4) is 11.8 Å².